The van der Waals surface area contributed by atoms with Gasteiger partial charge in [0.25, 0.3) is 0 Å². The Morgan fingerprint density at radius 3 is 3.04 bits per heavy atom. The number of carbonyl (C=O) groups excluding carboxylic acids is 1. The lowest BCUT2D eigenvalue weighted by Gasteiger charge is -2.57. The van der Waals surface area contributed by atoms with Crippen molar-refractivity contribution >= 4 is 11.5 Å². The summed E-state index contributed by atoms with van der Waals surface area (Å²) in [6.45, 7) is 3.20. The molecular formula is C20H22N2O2. The Labute approximate surface area is 141 Å². The highest BCUT2D eigenvalue weighted by Crippen LogP contribution is 2.65. The molecule has 1 aromatic carbocycles. The third kappa shape index (κ3) is 1.22. The maximum Gasteiger partial charge on any atom is 0.150 e. The number of ether oxygens (including phenoxy) is 1. The van der Waals surface area contributed by atoms with Crippen molar-refractivity contribution in [1.29, 1.82) is 0 Å². The van der Waals surface area contributed by atoms with Crippen LogP contribution in [0.5, 0.6) is 5.75 Å². The van der Waals surface area contributed by atoms with Gasteiger partial charge in [-0.2, -0.15) is 0 Å². The molecule has 5 bridgehead atoms. The molecule has 0 amide bonds. The van der Waals surface area contributed by atoms with Crippen LogP contribution in [0.3, 0.4) is 0 Å². The van der Waals surface area contributed by atoms with Gasteiger partial charge in [-0.25, -0.2) is 0 Å². The number of benzene rings is 1. The van der Waals surface area contributed by atoms with Crippen LogP contribution in [-0.4, -0.2) is 42.5 Å². The van der Waals surface area contributed by atoms with Crippen molar-refractivity contribution in [2.75, 3.05) is 19.0 Å². The average molecular weight is 322 g/mol. The summed E-state index contributed by atoms with van der Waals surface area (Å²) in [5.41, 5.74) is 3.51. The van der Waals surface area contributed by atoms with Gasteiger partial charge in [-0.1, -0.05) is 11.6 Å². The monoisotopic (exact) mass is 322 g/mol. The topological polar surface area (TPSA) is 41.6 Å². The Hall–Kier alpha value is -1.81. The summed E-state index contributed by atoms with van der Waals surface area (Å²) >= 11 is 0. The number of fused-ring (bicyclic) bond motifs is 2. The van der Waals surface area contributed by atoms with Crippen molar-refractivity contribution in [3.63, 3.8) is 0 Å². The molecule has 1 spiro atoms. The molecule has 1 aromatic rings. The number of rotatable bonds is 1. The molecule has 1 saturated carbocycles. The van der Waals surface area contributed by atoms with Gasteiger partial charge in [0, 0.05) is 30.2 Å². The molecule has 5 fully saturated rings. The Kier molecular flexibility index (Phi) is 2.27. The smallest absolute Gasteiger partial charge is 0.150 e. The number of hydrogen-bond donors (Lipinski definition) is 1. The molecule has 24 heavy (non-hydrogen) atoms. The van der Waals surface area contributed by atoms with E-state index in [9.17, 15) is 4.79 Å². The fourth-order valence-electron chi connectivity index (χ4n) is 6.72. The number of methoxy groups -OCH3 is 1. The zero-order valence-corrected chi connectivity index (χ0v) is 14.1. The van der Waals surface area contributed by atoms with Gasteiger partial charge < -0.3 is 10.1 Å². The number of carbonyl (C=O) groups is 1. The second kappa shape index (κ2) is 4.05. The van der Waals surface area contributed by atoms with E-state index in [1.165, 1.54) is 11.1 Å². The van der Waals surface area contributed by atoms with Crippen molar-refractivity contribution in [2.45, 2.75) is 43.3 Å². The van der Waals surface area contributed by atoms with Gasteiger partial charge in [0.1, 0.15) is 5.75 Å². The van der Waals surface area contributed by atoms with Crippen molar-refractivity contribution < 1.29 is 9.53 Å². The quantitative estimate of drug-likeness (QED) is 0.806. The van der Waals surface area contributed by atoms with Crippen molar-refractivity contribution in [3.8, 4) is 5.75 Å². The zero-order chi connectivity index (χ0) is 16.2. The number of nitrogens with zero attached hydrogens (tertiary/aromatic N) is 1. The second-order valence-electron chi connectivity index (χ2n) is 8.11. The molecular weight excluding hydrogens is 300 g/mol. The minimum Gasteiger partial charge on any atom is -0.497 e. The maximum atomic E-state index is 13.7. The highest BCUT2D eigenvalue weighted by atomic mass is 16.5. The second-order valence-corrected chi connectivity index (χ2v) is 8.11. The minimum absolute atomic E-state index is 0.199. The number of hydrogen-bond acceptors (Lipinski definition) is 4. The third-order valence-corrected chi connectivity index (χ3v) is 7.62. The third-order valence-electron chi connectivity index (χ3n) is 7.62. The molecule has 124 valence electrons. The van der Waals surface area contributed by atoms with Crippen LogP contribution in [0, 0.1) is 11.8 Å². The van der Waals surface area contributed by atoms with Gasteiger partial charge in [0.05, 0.1) is 18.6 Å². The molecule has 0 radical (unpaired) electrons. The Morgan fingerprint density at radius 1 is 1.38 bits per heavy atom. The minimum atomic E-state index is -0.321. The normalized spacial score (nSPS) is 47.8. The molecule has 4 saturated heterocycles. The van der Waals surface area contributed by atoms with Gasteiger partial charge in [0.15, 0.2) is 5.78 Å². The van der Waals surface area contributed by atoms with Gasteiger partial charge in [-0.3, -0.25) is 9.69 Å². The van der Waals surface area contributed by atoms with Crippen LogP contribution in [0.25, 0.3) is 0 Å². The molecule has 1 unspecified atom stereocenters. The standard InChI is InChI=1S/C20H22N2O2/c1-3-10-9-22-15-7-12(10)17-16(22)8-20(19(17)23)13-6-11(24-2)4-5-14(13)21-18(15)20/h3-6,12,15-18,21H,7-9H2,1-2H3/t12-,15-,16-,17+,18-,20+/m0/s1. The first kappa shape index (κ1) is 13.5. The van der Waals surface area contributed by atoms with Crippen molar-refractivity contribution in [3.05, 3.63) is 35.4 Å². The van der Waals surface area contributed by atoms with E-state index in [4.69, 9.17) is 4.74 Å². The predicted octanol–water partition coefficient (Wildman–Crippen LogP) is 2.35. The van der Waals surface area contributed by atoms with Gasteiger partial charge in [-0.15, -0.1) is 0 Å². The fraction of sp³-hybridized carbons (Fsp3) is 0.550. The van der Waals surface area contributed by atoms with E-state index < -0.39 is 0 Å². The summed E-state index contributed by atoms with van der Waals surface area (Å²) in [5, 5.41) is 3.74. The largest absolute Gasteiger partial charge is 0.497 e. The van der Waals surface area contributed by atoms with E-state index in [-0.39, 0.29) is 17.4 Å². The Balaban J connectivity index is 1.58. The van der Waals surface area contributed by atoms with Crippen LogP contribution in [0.15, 0.2) is 29.8 Å². The first-order chi connectivity index (χ1) is 11.7. The maximum absolute atomic E-state index is 13.7. The van der Waals surface area contributed by atoms with Gasteiger partial charge in [-0.05, 0) is 49.4 Å². The van der Waals surface area contributed by atoms with Crippen LogP contribution in [0.2, 0.25) is 0 Å². The van der Waals surface area contributed by atoms with Crippen LogP contribution in [-0.2, 0) is 10.2 Å². The van der Waals surface area contributed by atoms with Crippen LogP contribution >= 0.6 is 0 Å². The van der Waals surface area contributed by atoms with Gasteiger partial charge >= 0.3 is 0 Å². The van der Waals surface area contributed by atoms with Gasteiger partial charge in [0.2, 0.25) is 0 Å². The number of allylic oxidation sites excluding steroid dienone is 1. The number of anilines is 1. The summed E-state index contributed by atoms with van der Waals surface area (Å²) < 4.78 is 5.46. The number of nitrogens with one attached hydrogen (secondary N) is 1. The summed E-state index contributed by atoms with van der Waals surface area (Å²) in [6.07, 6.45) is 4.38. The van der Waals surface area contributed by atoms with Crippen molar-refractivity contribution in [1.82, 2.24) is 4.90 Å². The number of Topliss-reactive ketones (excluding diaryl/α,β-unsaturated/α-hetero) is 1. The van der Waals surface area contributed by atoms with Crippen LogP contribution in [0.4, 0.5) is 5.69 Å². The van der Waals surface area contributed by atoms with E-state index >= 15 is 0 Å². The fourth-order valence-corrected chi connectivity index (χ4v) is 6.72. The SMILES string of the molecule is CC=C1CN2[C@H]3C[C@]45C(=O)[C@@H]3[C@H]1C[C@H]2[C@@H]4Nc1ccc(OC)cc15. The number of piperidine rings is 4. The lowest BCUT2D eigenvalue weighted by molar-refractivity contribution is -0.126. The molecule has 5 heterocycles. The van der Waals surface area contributed by atoms with E-state index in [1.807, 2.05) is 6.07 Å². The zero-order valence-electron chi connectivity index (χ0n) is 14.1. The summed E-state index contributed by atoms with van der Waals surface area (Å²) in [4.78, 5) is 16.4. The Bertz CT molecular complexity index is 816. The highest BCUT2D eigenvalue weighted by Gasteiger charge is 2.73. The predicted molar refractivity (Wildman–Crippen MR) is 91.3 cm³/mol. The lowest BCUT2D eigenvalue weighted by atomic mass is 9.65. The molecule has 6 aliphatic rings. The molecule has 5 aliphatic heterocycles. The van der Waals surface area contributed by atoms with E-state index in [2.05, 4.69) is 35.3 Å². The first-order valence-corrected chi connectivity index (χ1v) is 9.09. The number of ketones is 1. The molecule has 0 aromatic heterocycles. The molecule has 7 rings (SSSR count). The summed E-state index contributed by atoms with van der Waals surface area (Å²) in [7, 11) is 1.70. The molecule has 1 N–H and O–H groups in total. The van der Waals surface area contributed by atoms with Crippen molar-refractivity contribution in [2.24, 2.45) is 11.8 Å². The molecule has 1 aliphatic carbocycles. The van der Waals surface area contributed by atoms with E-state index in [0.29, 0.717) is 23.8 Å². The average Bonchev–Trinajstić information content (AvgIpc) is 3.08. The van der Waals surface area contributed by atoms with E-state index in [0.717, 1.165) is 30.8 Å². The molecule has 7 atom stereocenters. The first-order valence-electron chi connectivity index (χ1n) is 9.09. The molecule has 4 nitrogen and oxygen atoms in total. The summed E-state index contributed by atoms with van der Waals surface area (Å²) in [5.74, 6) is 2.02. The Morgan fingerprint density at radius 2 is 2.25 bits per heavy atom. The van der Waals surface area contributed by atoms with E-state index in [1.54, 1.807) is 7.11 Å². The van der Waals surface area contributed by atoms with Crippen LogP contribution < -0.4 is 10.1 Å². The molecule has 4 heteroatoms. The van der Waals surface area contributed by atoms with Crippen LogP contribution in [0.1, 0.15) is 25.3 Å². The highest BCUT2D eigenvalue weighted by molar-refractivity contribution is 6.01. The lowest BCUT2D eigenvalue weighted by Crippen LogP contribution is -2.66. The summed E-state index contributed by atoms with van der Waals surface area (Å²) in [6, 6.07) is 7.37.